The average Bonchev–Trinajstić information content (AvgIpc) is 2.57. The van der Waals surface area contributed by atoms with Gasteiger partial charge >= 0.3 is 0 Å². The quantitative estimate of drug-likeness (QED) is 0.656. The lowest BCUT2D eigenvalue weighted by Crippen LogP contribution is -2.03. The first-order chi connectivity index (χ1) is 10.8. The van der Waals surface area contributed by atoms with Gasteiger partial charge in [-0.2, -0.15) is 0 Å². The summed E-state index contributed by atoms with van der Waals surface area (Å²) in [5, 5.41) is 0. The maximum absolute atomic E-state index is 5.57. The zero-order valence-electron chi connectivity index (χ0n) is 13.4. The highest BCUT2D eigenvalue weighted by Crippen LogP contribution is 2.23. The molecule has 0 bridgehead atoms. The van der Waals surface area contributed by atoms with Crippen molar-refractivity contribution in [3.05, 3.63) is 54.1 Å². The molecule has 2 rings (SSSR count). The highest BCUT2D eigenvalue weighted by Gasteiger charge is 2.00. The second kappa shape index (κ2) is 9.23. The summed E-state index contributed by atoms with van der Waals surface area (Å²) in [6.45, 7) is 1.99. The molecule has 0 aliphatic carbocycles. The number of aryl methyl sites for hydroxylation is 1. The van der Waals surface area contributed by atoms with Gasteiger partial charge in [-0.25, -0.2) is 0 Å². The van der Waals surface area contributed by atoms with Crippen LogP contribution >= 0.6 is 0 Å². The summed E-state index contributed by atoms with van der Waals surface area (Å²) in [4.78, 5) is 0. The van der Waals surface area contributed by atoms with Crippen molar-refractivity contribution in [2.75, 3.05) is 34.0 Å². The van der Waals surface area contributed by atoms with Crippen molar-refractivity contribution in [3.8, 4) is 16.9 Å². The van der Waals surface area contributed by atoms with Crippen LogP contribution < -0.4 is 4.74 Å². The fourth-order valence-electron chi connectivity index (χ4n) is 2.27. The third kappa shape index (κ3) is 5.17. The van der Waals surface area contributed by atoms with Gasteiger partial charge in [0.05, 0.1) is 6.61 Å². The van der Waals surface area contributed by atoms with E-state index in [2.05, 4.69) is 36.4 Å². The van der Waals surface area contributed by atoms with Crippen molar-refractivity contribution in [1.29, 1.82) is 0 Å². The summed E-state index contributed by atoms with van der Waals surface area (Å²) in [5.74, 6) is 0.872. The Bertz CT molecular complexity index is 480. The predicted octanol–water partition coefficient (Wildman–Crippen LogP) is 3.96. The lowest BCUT2D eigenvalue weighted by Gasteiger charge is -2.08. The fourth-order valence-corrected chi connectivity index (χ4v) is 2.27. The molecule has 0 amide bonds. The largest absolute Gasteiger partial charge is 0.491 e. The summed E-state index contributed by atoms with van der Waals surface area (Å²) in [6.07, 6.45) is 2.11. The van der Waals surface area contributed by atoms with E-state index < -0.39 is 0 Å². The Morgan fingerprint density at radius 1 is 0.682 bits per heavy atom. The van der Waals surface area contributed by atoms with Crippen LogP contribution in [0.2, 0.25) is 0 Å². The third-order valence-electron chi connectivity index (χ3n) is 3.51. The van der Waals surface area contributed by atoms with E-state index in [-0.39, 0.29) is 0 Å². The average molecular weight is 300 g/mol. The SMILES string of the molecule is COCCCc1ccc(-c2ccc(OCCOC)cc2)cc1. The number of rotatable bonds is 9. The van der Waals surface area contributed by atoms with Gasteiger partial charge in [-0.1, -0.05) is 36.4 Å². The van der Waals surface area contributed by atoms with Crippen molar-refractivity contribution in [2.24, 2.45) is 0 Å². The van der Waals surface area contributed by atoms with Crippen LogP contribution in [-0.2, 0) is 15.9 Å². The number of methoxy groups -OCH3 is 2. The van der Waals surface area contributed by atoms with Gasteiger partial charge in [0.15, 0.2) is 0 Å². The molecule has 3 heteroatoms. The van der Waals surface area contributed by atoms with Crippen LogP contribution in [0.5, 0.6) is 5.75 Å². The number of ether oxygens (including phenoxy) is 3. The van der Waals surface area contributed by atoms with Crippen molar-refractivity contribution in [2.45, 2.75) is 12.8 Å². The third-order valence-corrected chi connectivity index (χ3v) is 3.51. The van der Waals surface area contributed by atoms with Gasteiger partial charge in [0.2, 0.25) is 0 Å². The van der Waals surface area contributed by atoms with Gasteiger partial charge < -0.3 is 14.2 Å². The summed E-state index contributed by atoms with van der Waals surface area (Å²) < 4.78 is 15.6. The molecule has 0 heterocycles. The van der Waals surface area contributed by atoms with Crippen LogP contribution in [0.3, 0.4) is 0 Å². The van der Waals surface area contributed by atoms with Crippen LogP contribution in [-0.4, -0.2) is 34.0 Å². The van der Waals surface area contributed by atoms with E-state index in [0.29, 0.717) is 13.2 Å². The molecule has 0 spiro atoms. The zero-order chi connectivity index (χ0) is 15.6. The van der Waals surface area contributed by atoms with Gasteiger partial charge in [0.1, 0.15) is 12.4 Å². The van der Waals surface area contributed by atoms with Crippen molar-refractivity contribution in [3.63, 3.8) is 0 Å². The van der Waals surface area contributed by atoms with E-state index in [0.717, 1.165) is 25.2 Å². The minimum Gasteiger partial charge on any atom is -0.491 e. The Kier molecular flexibility index (Phi) is 6.94. The summed E-state index contributed by atoms with van der Waals surface area (Å²) >= 11 is 0. The maximum Gasteiger partial charge on any atom is 0.119 e. The van der Waals surface area contributed by atoms with Crippen molar-refractivity contribution >= 4 is 0 Å². The van der Waals surface area contributed by atoms with Crippen LogP contribution in [0, 0.1) is 0 Å². The summed E-state index contributed by atoms with van der Waals surface area (Å²) in [7, 11) is 3.41. The smallest absolute Gasteiger partial charge is 0.119 e. The van der Waals surface area contributed by atoms with Gasteiger partial charge in [-0.15, -0.1) is 0 Å². The minimum absolute atomic E-state index is 0.575. The first-order valence-corrected chi connectivity index (χ1v) is 7.63. The molecule has 2 aromatic rings. The summed E-state index contributed by atoms with van der Waals surface area (Å²) in [6, 6.07) is 16.9. The van der Waals surface area contributed by atoms with Gasteiger partial charge in [0.25, 0.3) is 0 Å². The Morgan fingerprint density at radius 2 is 1.27 bits per heavy atom. The lowest BCUT2D eigenvalue weighted by atomic mass is 10.0. The highest BCUT2D eigenvalue weighted by molar-refractivity contribution is 5.64. The van der Waals surface area contributed by atoms with Gasteiger partial charge in [-0.3, -0.25) is 0 Å². The van der Waals surface area contributed by atoms with Gasteiger partial charge in [0, 0.05) is 20.8 Å². The molecule has 22 heavy (non-hydrogen) atoms. The molecule has 0 unspecified atom stereocenters. The van der Waals surface area contributed by atoms with E-state index in [1.165, 1.54) is 16.7 Å². The van der Waals surface area contributed by atoms with Crippen molar-refractivity contribution < 1.29 is 14.2 Å². The normalized spacial score (nSPS) is 10.6. The molecular formula is C19H24O3. The molecule has 118 valence electrons. The minimum atomic E-state index is 0.575. The topological polar surface area (TPSA) is 27.7 Å². The Morgan fingerprint density at radius 3 is 1.86 bits per heavy atom. The molecule has 3 nitrogen and oxygen atoms in total. The predicted molar refractivity (Wildman–Crippen MR) is 89.4 cm³/mol. The standard InChI is InChI=1S/C19H24O3/c1-20-13-3-4-16-5-7-17(8-6-16)18-9-11-19(12-10-18)22-15-14-21-2/h5-12H,3-4,13-15H2,1-2H3. The molecule has 0 aliphatic heterocycles. The van der Waals surface area contributed by atoms with Crippen LogP contribution in [0.4, 0.5) is 0 Å². The van der Waals surface area contributed by atoms with E-state index in [1.807, 2.05) is 12.1 Å². The second-order valence-electron chi connectivity index (χ2n) is 5.16. The van der Waals surface area contributed by atoms with Crippen LogP contribution in [0.25, 0.3) is 11.1 Å². The molecule has 0 aromatic heterocycles. The zero-order valence-corrected chi connectivity index (χ0v) is 13.4. The molecule has 0 fully saturated rings. The van der Waals surface area contributed by atoms with Crippen LogP contribution in [0.15, 0.2) is 48.5 Å². The highest BCUT2D eigenvalue weighted by atomic mass is 16.5. The Labute approximate surface area is 132 Å². The first-order valence-electron chi connectivity index (χ1n) is 7.63. The molecular weight excluding hydrogens is 276 g/mol. The number of benzene rings is 2. The van der Waals surface area contributed by atoms with E-state index >= 15 is 0 Å². The Hall–Kier alpha value is -1.84. The van der Waals surface area contributed by atoms with E-state index in [4.69, 9.17) is 14.2 Å². The molecule has 2 aromatic carbocycles. The van der Waals surface area contributed by atoms with E-state index in [1.54, 1.807) is 14.2 Å². The molecule has 0 N–H and O–H groups in total. The second-order valence-corrected chi connectivity index (χ2v) is 5.16. The first kappa shape index (κ1) is 16.5. The number of hydrogen-bond acceptors (Lipinski definition) is 3. The molecule has 0 saturated heterocycles. The van der Waals surface area contributed by atoms with Gasteiger partial charge in [-0.05, 0) is 41.7 Å². The fraction of sp³-hybridized carbons (Fsp3) is 0.368. The molecule has 0 radical (unpaired) electrons. The lowest BCUT2D eigenvalue weighted by molar-refractivity contribution is 0.146. The monoisotopic (exact) mass is 300 g/mol. The van der Waals surface area contributed by atoms with E-state index in [9.17, 15) is 0 Å². The number of hydrogen-bond donors (Lipinski definition) is 0. The van der Waals surface area contributed by atoms with Crippen molar-refractivity contribution in [1.82, 2.24) is 0 Å². The molecule has 0 saturated carbocycles. The molecule has 0 atom stereocenters. The maximum atomic E-state index is 5.57. The molecule has 0 aliphatic rings. The summed E-state index contributed by atoms with van der Waals surface area (Å²) in [5.41, 5.74) is 3.77. The van der Waals surface area contributed by atoms with Crippen LogP contribution in [0.1, 0.15) is 12.0 Å². The Balaban J connectivity index is 1.93.